The molecule has 5 heterocycles. The Labute approximate surface area is 365 Å². The summed E-state index contributed by atoms with van der Waals surface area (Å²) in [5.74, 6) is -2.00. The number of allylic oxidation sites excluding steroid dienone is 2. The molecule has 2 saturated carbocycles. The Kier molecular flexibility index (Phi) is 10.7. The zero-order valence-electron chi connectivity index (χ0n) is 34.4. The number of thiazole rings is 1. The number of fused-ring (bicyclic) bond motifs is 6. The van der Waals surface area contributed by atoms with E-state index < -0.39 is 56.4 Å². The molecule has 1 N–H and O–H groups in total. The van der Waals surface area contributed by atoms with Gasteiger partial charge in [0.1, 0.15) is 17.2 Å². The minimum atomic E-state index is -4.54. The van der Waals surface area contributed by atoms with Crippen molar-refractivity contribution in [3.05, 3.63) is 81.8 Å². The molecular formula is C46H46F3N5O7S2. The summed E-state index contributed by atoms with van der Waals surface area (Å²) in [6.45, 7) is 0.0000334. The van der Waals surface area contributed by atoms with Crippen molar-refractivity contribution in [3.63, 3.8) is 0 Å². The number of aromatic nitrogens is 3. The number of furan rings is 1. The van der Waals surface area contributed by atoms with Crippen molar-refractivity contribution >= 4 is 61.0 Å². The van der Waals surface area contributed by atoms with Crippen molar-refractivity contribution in [1.29, 1.82) is 0 Å². The van der Waals surface area contributed by atoms with E-state index >= 15 is 4.79 Å². The predicted octanol–water partition coefficient (Wildman–Crippen LogP) is 8.31. The number of carbonyl (C=O) groups excluding carboxylic acids is 3. The van der Waals surface area contributed by atoms with Gasteiger partial charge in [-0.2, -0.15) is 18.2 Å². The number of nitrogens with zero attached hydrogens (tertiary/aromatic N) is 4. The number of aryl methyl sites for hydroxylation is 2. The van der Waals surface area contributed by atoms with Gasteiger partial charge in [0.15, 0.2) is 11.6 Å². The van der Waals surface area contributed by atoms with Crippen molar-refractivity contribution in [2.24, 2.45) is 17.3 Å². The molecule has 0 spiro atoms. The second-order valence-electron chi connectivity index (χ2n) is 17.8. The first-order valence-electron chi connectivity index (χ1n) is 21.8. The number of rotatable bonds is 8. The molecule has 0 bridgehead atoms. The maximum atomic E-state index is 15.0. The lowest BCUT2D eigenvalue weighted by Crippen LogP contribution is -2.46. The molecule has 10 rings (SSSR count). The Morgan fingerprint density at radius 2 is 1.79 bits per heavy atom. The summed E-state index contributed by atoms with van der Waals surface area (Å²) in [6.07, 6.45) is 6.90. The Balaban J connectivity index is 1.00. The lowest BCUT2D eigenvalue weighted by molar-refractivity contribution is -0.142. The number of ether oxygens (including phenoxy) is 1. The number of benzene rings is 2. The Morgan fingerprint density at radius 3 is 2.57 bits per heavy atom. The third-order valence-corrected chi connectivity index (χ3v) is 16.3. The number of hydrogen-bond donors (Lipinski definition) is 1. The van der Waals surface area contributed by atoms with E-state index in [1.807, 2.05) is 18.2 Å². The number of ketones is 1. The SMILES string of the molecule is O=C1C[C@]2(C(=O)NS(=O)(=O)C3CC3)C[C@@H]2/C=C\CCCCC[C@H](Cc2nc3c(s2)CCC3)C(=O)N2C[C@H](Oc3nc(-c4ccc(C(F)(F)F)cc4)nc4c3oc3ccccc34)C[C@@H]12. The summed E-state index contributed by atoms with van der Waals surface area (Å²) in [6, 6.07) is 10.6. The molecule has 1 saturated heterocycles. The average molecular weight is 902 g/mol. The van der Waals surface area contributed by atoms with Gasteiger partial charge < -0.3 is 14.1 Å². The molecule has 2 aliphatic heterocycles. The van der Waals surface area contributed by atoms with Crippen LogP contribution >= 0.6 is 11.3 Å². The maximum absolute atomic E-state index is 15.0. The first-order valence-corrected chi connectivity index (χ1v) is 24.2. The van der Waals surface area contributed by atoms with Crippen LogP contribution in [0.15, 0.2) is 65.1 Å². The maximum Gasteiger partial charge on any atom is 0.416 e. The van der Waals surface area contributed by atoms with E-state index in [1.165, 1.54) is 17.0 Å². The van der Waals surface area contributed by atoms with Crippen LogP contribution in [0.25, 0.3) is 33.5 Å². The molecule has 17 heteroatoms. The van der Waals surface area contributed by atoms with Gasteiger partial charge in [0.25, 0.3) is 5.88 Å². The average Bonchev–Trinajstić information content (AvgIpc) is 4.00. The highest BCUT2D eigenvalue weighted by Crippen LogP contribution is 2.57. The Hall–Kier alpha value is -5.16. The van der Waals surface area contributed by atoms with E-state index in [-0.39, 0.29) is 54.3 Å². The Bertz CT molecular complexity index is 2740. The van der Waals surface area contributed by atoms with Gasteiger partial charge in [0, 0.05) is 41.0 Å². The van der Waals surface area contributed by atoms with Crippen LogP contribution in [0.2, 0.25) is 0 Å². The third kappa shape index (κ3) is 8.26. The van der Waals surface area contributed by atoms with Gasteiger partial charge in [0.2, 0.25) is 27.4 Å². The first kappa shape index (κ1) is 41.8. The zero-order chi connectivity index (χ0) is 43.7. The van der Waals surface area contributed by atoms with E-state index in [0.29, 0.717) is 54.2 Å². The number of sulfonamides is 1. The molecule has 3 aromatic heterocycles. The number of alkyl halides is 3. The van der Waals surface area contributed by atoms with E-state index in [2.05, 4.69) is 9.71 Å². The fourth-order valence-electron chi connectivity index (χ4n) is 9.60. The molecule has 2 aromatic carbocycles. The quantitative estimate of drug-likeness (QED) is 0.150. The molecule has 5 aliphatic rings. The smallest absolute Gasteiger partial charge is 0.416 e. The molecule has 5 atom stereocenters. The zero-order valence-corrected chi connectivity index (χ0v) is 36.0. The highest BCUT2D eigenvalue weighted by atomic mass is 32.2. The van der Waals surface area contributed by atoms with Crippen LogP contribution in [-0.4, -0.2) is 69.8 Å². The highest BCUT2D eigenvalue weighted by molar-refractivity contribution is 7.90. The molecular weight excluding hydrogens is 856 g/mol. The summed E-state index contributed by atoms with van der Waals surface area (Å²) < 4.78 is 81.7. The largest absolute Gasteiger partial charge is 0.470 e. The third-order valence-electron chi connectivity index (χ3n) is 13.3. The van der Waals surface area contributed by atoms with E-state index in [9.17, 15) is 31.2 Å². The molecule has 3 fully saturated rings. The highest BCUT2D eigenvalue weighted by Gasteiger charge is 2.61. The van der Waals surface area contributed by atoms with Gasteiger partial charge in [-0.3, -0.25) is 19.1 Å². The molecule has 63 heavy (non-hydrogen) atoms. The van der Waals surface area contributed by atoms with Crippen LogP contribution in [-0.2, 0) is 49.8 Å². The molecule has 5 aromatic rings. The van der Waals surface area contributed by atoms with Gasteiger partial charge in [-0.25, -0.2) is 18.4 Å². The number of hydrogen-bond acceptors (Lipinski definition) is 11. The van der Waals surface area contributed by atoms with Crippen LogP contribution in [0.1, 0.15) is 91.8 Å². The van der Waals surface area contributed by atoms with Crippen molar-refractivity contribution in [3.8, 4) is 17.3 Å². The standard InChI is InChI=1S/C46H46F3N5O7S2/c47-46(48,49)28-17-15-26(16-18-28)41-51-39-32-11-6-7-13-36(32)61-40(39)42(52-41)60-30-22-34-35(55)24-45(44(57)53-63(58,59)31-19-20-31)23-29(45)10-5-3-1-2-4-9-27(43(56)54(34)25-30)21-38-50-33-12-8-14-37(33)62-38/h5-7,10-11,13,15-18,27,29-31,34H,1-4,8-9,12,14,19-25H2,(H,53,57)/b10-5-/t27-,29+,30-,34+,45-/m1/s1. The number of amides is 2. The van der Waals surface area contributed by atoms with Crippen LogP contribution in [0.5, 0.6) is 5.88 Å². The summed E-state index contributed by atoms with van der Waals surface area (Å²) in [4.78, 5) is 61.0. The summed E-state index contributed by atoms with van der Waals surface area (Å²) in [5.41, 5.74) is 0.353. The van der Waals surface area contributed by atoms with Crippen molar-refractivity contribution in [2.75, 3.05) is 6.54 Å². The van der Waals surface area contributed by atoms with Crippen molar-refractivity contribution in [2.45, 2.75) is 113 Å². The lowest BCUT2D eigenvalue weighted by atomic mass is 9.90. The van der Waals surface area contributed by atoms with E-state index in [4.69, 9.17) is 19.1 Å². The molecule has 12 nitrogen and oxygen atoms in total. The molecule has 330 valence electrons. The molecule has 2 amide bonds. The van der Waals surface area contributed by atoms with E-state index in [1.54, 1.807) is 34.4 Å². The number of para-hydroxylation sites is 1. The van der Waals surface area contributed by atoms with Gasteiger partial charge in [-0.15, -0.1) is 11.3 Å². The normalized spacial score (nSPS) is 26.2. The second kappa shape index (κ2) is 16.1. The number of Topliss-reactive ketones (excluding diaryl/α,β-unsaturated/α-hetero) is 1. The molecule has 0 radical (unpaired) electrons. The van der Waals surface area contributed by atoms with Gasteiger partial charge in [-0.1, -0.05) is 49.3 Å². The second-order valence-corrected chi connectivity index (χ2v) is 20.9. The molecule has 3 aliphatic carbocycles. The predicted molar refractivity (Wildman–Crippen MR) is 228 cm³/mol. The summed E-state index contributed by atoms with van der Waals surface area (Å²) in [7, 11) is -3.89. The van der Waals surface area contributed by atoms with E-state index in [0.717, 1.165) is 67.8 Å². The van der Waals surface area contributed by atoms with Crippen LogP contribution in [0, 0.1) is 17.3 Å². The number of carbonyl (C=O) groups is 3. The van der Waals surface area contributed by atoms with Gasteiger partial charge in [-0.05, 0) is 88.0 Å². The minimum absolute atomic E-state index is 0.0000334. The Morgan fingerprint density at radius 1 is 0.984 bits per heavy atom. The summed E-state index contributed by atoms with van der Waals surface area (Å²) >= 11 is 1.65. The van der Waals surface area contributed by atoms with Crippen LogP contribution < -0.4 is 9.46 Å². The van der Waals surface area contributed by atoms with Crippen LogP contribution in [0.3, 0.4) is 0 Å². The number of halogens is 3. The first-order chi connectivity index (χ1) is 30.3. The molecule has 0 unspecified atom stereocenters. The van der Waals surface area contributed by atoms with Crippen molar-refractivity contribution < 1.29 is 45.1 Å². The number of nitrogens with one attached hydrogen (secondary N) is 1. The minimum Gasteiger partial charge on any atom is -0.470 e. The fraction of sp³-hybridized carbons (Fsp3) is 0.478. The summed E-state index contributed by atoms with van der Waals surface area (Å²) in [5, 5.41) is 0.903. The van der Waals surface area contributed by atoms with Crippen LogP contribution in [0.4, 0.5) is 13.2 Å². The lowest BCUT2D eigenvalue weighted by Gasteiger charge is -2.29. The fourth-order valence-corrected chi connectivity index (χ4v) is 12.2. The van der Waals surface area contributed by atoms with Gasteiger partial charge >= 0.3 is 6.18 Å². The van der Waals surface area contributed by atoms with Crippen molar-refractivity contribution in [1.82, 2.24) is 24.6 Å². The topological polar surface area (TPSA) is 162 Å². The van der Waals surface area contributed by atoms with Gasteiger partial charge in [0.05, 0.1) is 39.5 Å². The monoisotopic (exact) mass is 901 g/mol.